The van der Waals surface area contributed by atoms with Crippen LogP contribution >= 0.6 is 0 Å². The van der Waals surface area contributed by atoms with Crippen LogP contribution in [0.25, 0.3) is 5.69 Å². The molecule has 22 heavy (non-hydrogen) atoms. The van der Waals surface area contributed by atoms with Crippen LogP contribution in [0, 0.1) is 10.1 Å². The molecule has 1 aliphatic carbocycles. The van der Waals surface area contributed by atoms with E-state index in [1.807, 2.05) is 0 Å². The zero-order chi connectivity index (χ0) is 15.9. The van der Waals surface area contributed by atoms with E-state index in [4.69, 9.17) is 5.73 Å². The number of aromatic nitrogens is 2. The van der Waals surface area contributed by atoms with Crippen LogP contribution in [0.2, 0.25) is 0 Å². The number of Topliss-reactive ketones (excluding diaryl/α,β-unsaturated/α-hetero) is 1. The Balaban J connectivity index is 2.22. The molecule has 0 saturated heterocycles. The lowest BCUT2D eigenvalue weighted by atomic mass is 9.94. The highest BCUT2D eigenvalue weighted by molar-refractivity contribution is 6.08. The van der Waals surface area contributed by atoms with Gasteiger partial charge in [-0.3, -0.25) is 19.7 Å². The topological polar surface area (TPSA) is 121 Å². The molecule has 1 heterocycles. The predicted octanol–water partition coefficient (Wildman–Crippen LogP) is 1.40. The van der Waals surface area contributed by atoms with Gasteiger partial charge < -0.3 is 5.73 Å². The van der Waals surface area contributed by atoms with Crippen LogP contribution in [0.5, 0.6) is 0 Å². The van der Waals surface area contributed by atoms with Crippen molar-refractivity contribution in [3.05, 3.63) is 51.3 Å². The van der Waals surface area contributed by atoms with Gasteiger partial charge in [0.15, 0.2) is 11.5 Å². The normalized spacial score (nSPS) is 13.7. The molecule has 1 amide bonds. The van der Waals surface area contributed by atoms with Crippen LogP contribution in [0.1, 0.15) is 39.4 Å². The van der Waals surface area contributed by atoms with Crippen molar-refractivity contribution in [2.24, 2.45) is 5.73 Å². The van der Waals surface area contributed by atoms with E-state index < -0.39 is 10.8 Å². The highest BCUT2D eigenvalue weighted by atomic mass is 16.6. The molecule has 0 saturated carbocycles. The fraction of sp³-hybridized carbons (Fsp3) is 0.214. The van der Waals surface area contributed by atoms with Gasteiger partial charge >= 0.3 is 0 Å². The summed E-state index contributed by atoms with van der Waals surface area (Å²) in [6, 6.07) is 5.86. The Bertz CT molecular complexity index is 809. The van der Waals surface area contributed by atoms with Crippen molar-refractivity contribution in [2.75, 3.05) is 0 Å². The predicted molar refractivity (Wildman–Crippen MR) is 76.0 cm³/mol. The second-order valence-corrected chi connectivity index (χ2v) is 5.00. The maximum atomic E-state index is 12.1. The molecular formula is C14H12N4O4. The number of hydrogen-bond donors (Lipinski definition) is 1. The van der Waals surface area contributed by atoms with Gasteiger partial charge in [0, 0.05) is 18.6 Å². The molecule has 2 N–H and O–H groups in total. The molecule has 3 rings (SSSR count). The summed E-state index contributed by atoms with van der Waals surface area (Å²) >= 11 is 0. The second-order valence-electron chi connectivity index (χ2n) is 5.00. The van der Waals surface area contributed by atoms with E-state index in [-0.39, 0.29) is 22.7 Å². The Morgan fingerprint density at radius 2 is 2.14 bits per heavy atom. The van der Waals surface area contributed by atoms with Gasteiger partial charge in [-0.2, -0.15) is 5.10 Å². The number of carbonyl (C=O) groups excluding carboxylic acids is 2. The first-order valence-corrected chi connectivity index (χ1v) is 6.68. The number of nitrogens with zero attached hydrogens (tertiary/aromatic N) is 3. The molecule has 2 aromatic rings. The van der Waals surface area contributed by atoms with Gasteiger partial charge in [-0.1, -0.05) is 6.07 Å². The molecule has 0 radical (unpaired) electrons. The number of non-ortho nitro benzene ring substituents is 1. The minimum Gasteiger partial charge on any atom is -0.364 e. The van der Waals surface area contributed by atoms with Crippen LogP contribution < -0.4 is 5.73 Å². The number of benzene rings is 1. The zero-order valence-corrected chi connectivity index (χ0v) is 11.5. The van der Waals surface area contributed by atoms with E-state index >= 15 is 0 Å². The Morgan fingerprint density at radius 1 is 1.36 bits per heavy atom. The van der Waals surface area contributed by atoms with E-state index in [1.54, 1.807) is 6.07 Å². The Hall–Kier alpha value is -3.03. The van der Waals surface area contributed by atoms with E-state index in [9.17, 15) is 19.7 Å². The molecule has 1 aromatic heterocycles. The summed E-state index contributed by atoms with van der Waals surface area (Å²) < 4.78 is 1.40. The van der Waals surface area contributed by atoms with Crippen molar-refractivity contribution >= 4 is 17.4 Å². The van der Waals surface area contributed by atoms with Crippen molar-refractivity contribution in [1.82, 2.24) is 9.78 Å². The maximum Gasteiger partial charge on any atom is 0.271 e. The summed E-state index contributed by atoms with van der Waals surface area (Å²) in [6.45, 7) is 0. The molecule has 0 aliphatic heterocycles. The number of amides is 1. The lowest BCUT2D eigenvalue weighted by molar-refractivity contribution is -0.384. The SMILES string of the molecule is NC(=O)c1nn(-c2cccc([N+](=O)[O-])c2)c2c1C(=O)CCC2. The number of nitro groups is 1. The molecular weight excluding hydrogens is 288 g/mol. The Labute approximate surface area is 124 Å². The van der Waals surface area contributed by atoms with E-state index in [0.29, 0.717) is 30.6 Å². The third-order valence-corrected chi connectivity index (χ3v) is 3.60. The number of carbonyl (C=O) groups is 2. The number of rotatable bonds is 3. The summed E-state index contributed by atoms with van der Waals surface area (Å²) in [5.41, 5.74) is 6.36. The number of fused-ring (bicyclic) bond motifs is 1. The molecule has 0 spiro atoms. The van der Waals surface area contributed by atoms with Gasteiger partial charge in [-0.05, 0) is 18.9 Å². The second kappa shape index (κ2) is 5.06. The van der Waals surface area contributed by atoms with Gasteiger partial charge in [0.05, 0.1) is 21.9 Å². The zero-order valence-electron chi connectivity index (χ0n) is 11.5. The third kappa shape index (κ3) is 2.14. The van der Waals surface area contributed by atoms with Crippen molar-refractivity contribution in [3.63, 3.8) is 0 Å². The largest absolute Gasteiger partial charge is 0.364 e. The van der Waals surface area contributed by atoms with Crippen LogP contribution in [-0.4, -0.2) is 26.4 Å². The Kier molecular flexibility index (Phi) is 3.21. The minimum atomic E-state index is -0.782. The molecule has 0 unspecified atom stereocenters. The first kappa shape index (κ1) is 13.9. The lowest BCUT2D eigenvalue weighted by Gasteiger charge is -2.13. The molecule has 112 valence electrons. The van der Waals surface area contributed by atoms with Crippen LogP contribution in [0.4, 0.5) is 5.69 Å². The number of hydrogen-bond acceptors (Lipinski definition) is 5. The van der Waals surface area contributed by atoms with Gasteiger partial charge in [-0.25, -0.2) is 4.68 Å². The first-order chi connectivity index (χ1) is 10.5. The average Bonchev–Trinajstić information content (AvgIpc) is 2.88. The first-order valence-electron chi connectivity index (χ1n) is 6.68. The van der Waals surface area contributed by atoms with E-state index in [2.05, 4.69) is 5.10 Å². The van der Waals surface area contributed by atoms with Gasteiger partial charge in [0.2, 0.25) is 0 Å². The summed E-state index contributed by atoms with van der Waals surface area (Å²) in [4.78, 5) is 34.0. The van der Waals surface area contributed by atoms with Crippen LogP contribution in [0.15, 0.2) is 24.3 Å². The van der Waals surface area contributed by atoms with Gasteiger partial charge in [0.25, 0.3) is 11.6 Å². The molecule has 8 nitrogen and oxygen atoms in total. The van der Waals surface area contributed by atoms with Crippen LogP contribution in [-0.2, 0) is 6.42 Å². The number of ketones is 1. The van der Waals surface area contributed by atoms with E-state index in [1.165, 1.54) is 22.9 Å². The number of nitrogens with two attached hydrogens (primary N) is 1. The quantitative estimate of drug-likeness (QED) is 0.678. The van der Waals surface area contributed by atoms with Crippen molar-refractivity contribution < 1.29 is 14.5 Å². The summed E-state index contributed by atoms with van der Waals surface area (Å²) in [6.07, 6.45) is 1.54. The number of nitro benzene ring substituents is 1. The molecule has 1 aliphatic rings. The molecule has 1 aromatic carbocycles. The smallest absolute Gasteiger partial charge is 0.271 e. The summed E-state index contributed by atoms with van der Waals surface area (Å²) in [7, 11) is 0. The van der Waals surface area contributed by atoms with Crippen LogP contribution in [0.3, 0.4) is 0 Å². The maximum absolute atomic E-state index is 12.1. The molecule has 8 heteroatoms. The highest BCUT2D eigenvalue weighted by Crippen LogP contribution is 2.27. The summed E-state index contributed by atoms with van der Waals surface area (Å²) in [5.74, 6) is -0.956. The highest BCUT2D eigenvalue weighted by Gasteiger charge is 2.30. The number of primary amides is 1. The summed E-state index contributed by atoms with van der Waals surface area (Å²) in [5, 5.41) is 15.0. The molecule has 0 fully saturated rings. The molecule has 0 atom stereocenters. The van der Waals surface area contributed by atoms with Crippen molar-refractivity contribution in [3.8, 4) is 5.69 Å². The molecule has 0 bridgehead atoms. The minimum absolute atomic E-state index is 0.0776. The van der Waals surface area contributed by atoms with E-state index in [0.717, 1.165) is 0 Å². The van der Waals surface area contributed by atoms with Crippen molar-refractivity contribution in [1.29, 1.82) is 0 Å². The standard InChI is InChI=1S/C14H12N4O4/c15-14(20)13-12-10(5-2-6-11(12)19)17(16-13)8-3-1-4-9(7-8)18(21)22/h1,3-4,7H,2,5-6H2,(H2,15,20). The van der Waals surface area contributed by atoms with Gasteiger partial charge in [-0.15, -0.1) is 0 Å². The Morgan fingerprint density at radius 3 is 2.82 bits per heavy atom. The fourth-order valence-electron chi connectivity index (χ4n) is 2.64. The monoisotopic (exact) mass is 300 g/mol. The average molecular weight is 300 g/mol. The lowest BCUT2D eigenvalue weighted by Crippen LogP contribution is -2.18. The van der Waals surface area contributed by atoms with Gasteiger partial charge in [0.1, 0.15) is 0 Å². The third-order valence-electron chi connectivity index (χ3n) is 3.60. The van der Waals surface area contributed by atoms with Crippen molar-refractivity contribution in [2.45, 2.75) is 19.3 Å². The fourth-order valence-corrected chi connectivity index (χ4v) is 2.64.